The summed E-state index contributed by atoms with van der Waals surface area (Å²) in [5.74, 6) is -0.0717. The number of nitrogens with one attached hydrogen (secondary N) is 2. The molecule has 3 heterocycles. The van der Waals surface area contributed by atoms with E-state index < -0.39 is 0 Å². The van der Waals surface area contributed by atoms with Gasteiger partial charge in [-0.1, -0.05) is 0 Å². The zero-order valence-electron chi connectivity index (χ0n) is 11.7. The molecule has 0 spiro atoms. The zero-order chi connectivity index (χ0) is 15.3. The van der Waals surface area contributed by atoms with Crippen LogP contribution in [0.15, 0.2) is 27.5 Å². The highest BCUT2D eigenvalue weighted by Crippen LogP contribution is 2.31. The minimum absolute atomic E-state index is 0.154. The summed E-state index contributed by atoms with van der Waals surface area (Å²) in [4.78, 5) is 14.9. The third kappa shape index (κ3) is 2.16. The van der Waals surface area contributed by atoms with Crippen molar-refractivity contribution >= 4 is 32.5 Å². The average Bonchev–Trinajstić information content (AvgIpc) is 2.85. The molecule has 5 nitrogen and oxygen atoms in total. The summed E-state index contributed by atoms with van der Waals surface area (Å²) in [7, 11) is 0. The molecule has 0 saturated carbocycles. The van der Waals surface area contributed by atoms with Crippen LogP contribution in [0, 0.1) is 5.82 Å². The second-order valence-electron chi connectivity index (χ2n) is 5.62. The fourth-order valence-corrected chi connectivity index (χ4v) is 3.81. The van der Waals surface area contributed by atoms with Gasteiger partial charge in [-0.15, -0.1) is 0 Å². The van der Waals surface area contributed by atoms with Gasteiger partial charge in [0.05, 0.1) is 16.6 Å². The van der Waals surface area contributed by atoms with Crippen molar-refractivity contribution in [3.63, 3.8) is 0 Å². The van der Waals surface area contributed by atoms with Gasteiger partial charge in [-0.25, -0.2) is 8.91 Å². The molecule has 1 saturated heterocycles. The fraction of sp³-hybridized carbons (Fsp3) is 0.333. The van der Waals surface area contributed by atoms with Crippen molar-refractivity contribution < 1.29 is 4.39 Å². The maximum absolute atomic E-state index is 13.6. The Balaban J connectivity index is 2.05. The van der Waals surface area contributed by atoms with Crippen LogP contribution in [-0.4, -0.2) is 27.7 Å². The van der Waals surface area contributed by atoms with Crippen LogP contribution in [-0.2, 0) is 0 Å². The quantitative estimate of drug-likeness (QED) is 0.697. The number of nitrogens with zero attached hydrogens (tertiary/aromatic N) is 2. The maximum Gasteiger partial charge on any atom is 0.251 e. The summed E-state index contributed by atoms with van der Waals surface area (Å²) < 4.78 is 16.0. The van der Waals surface area contributed by atoms with E-state index in [9.17, 15) is 9.18 Å². The maximum atomic E-state index is 13.6. The number of halogens is 2. The van der Waals surface area contributed by atoms with Crippen molar-refractivity contribution in [2.75, 3.05) is 13.1 Å². The molecule has 0 aliphatic carbocycles. The third-order valence-electron chi connectivity index (χ3n) is 4.21. The van der Waals surface area contributed by atoms with Gasteiger partial charge in [-0.05, 0) is 47.9 Å². The van der Waals surface area contributed by atoms with Gasteiger partial charge < -0.3 is 10.3 Å². The van der Waals surface area contributed by atoms with Crippen LogP contribution in [0.4, 0.5) is 4.39 Å². The van der Waals surface area contributed by atoms with Gasteiger partial charge >= 0.3 is 0 Å². The van der Waals surface area contributed by atoms with E-state index in [1.54, 1.807) is 10.6 Å². The van der Waals surface area contributed by atoms with Gasteiger partial charge in [-0.3, -0.25) is 4.79 Å². The van der Waals surface area contributed by atoms with E-state index >= 15 is 0 Å². The number of fused-ring (bicyclic) bond motifs is 3. The summed E-state index contributed by atoms with van der Waals surface area (Å²) in [5.41, 5.74) is 1.88. The first kappa shape index (κ1) is 13.9. The van der Waals surface area contributed by atoms with E-state index in [2.05, 4.69) is 31.3 Å². The highest BCUT2D eigenvalue weighted by Gasteiger charge is 2.21. The summed E-state index contributed by atoms with van der Waals surface area (Å²) in [6.07, 6.45) is 1.93. The van der Waals surface area contributed by atoms with Crippen LogP contribution in [0.3, 0.4) is 0 Å². The lowest BCUT2D eigenvalue weighted by atomic mass is 9.94. The lowest BCUT2D eigenvalue weighted by molar-refractivity contribution is 0.446. The van der Waals surface area contributed by atoms with Crippen LogP contribution in [0.25, 0.3) is 16.6 Å². The Morgan fingerprint density at radius 2 is 2.05 bits per heavy atom. The second-order valence-corrected chi connectivity index (χ2v) is 6.48. The van der Waals surface area contributed by atoms with Crippen molar-refractivity contribution in [2.24, 2.45) is 0 Å². The van der Waals surface area contributed by atoms with Crippen molar-refractivity contribution in [2.45, 2.75) is 18.8 Å². The lowest BCUT2D eigenvalue weighted by Gasteiger charge is -2.23. The number of benzene rings is 1. The monoisotopic (exact) mass is 364 g/mol. The zero-order valence-corrected chi connectivity index (χ0v) is 13.3. The summed E-state index contributed by atoms with van der Waals surface area (Å²) in [5, 5.41) is 8.56. The molecule has 2 N–H and O–H groups in total. The third-order valence-corrected chi connectivity index (χ3v) is 4.84. The Labute approximate surface area is 133 Å². The van der Waals surface area contributed by atoms with Gasteiger partial charge in [0.2, 0.25) is 0 Å². The van der Waals surface area contributed by atoms with E-state index in [0.717, 1.165) is 37.0 Å². The number of hydrogen-bond donors (Lipinski definition) is 2. The summed E-state index contributed by atoms with van der Waals surface area (Å²) >= 11 is 3.37. The molecule has 22 heavy (non-hydrogen) atoms. The van der Waals surface area contributed by atoms with Gasteiger partial charge in [0, 0.05) is 22.5 Å². The van der Waals surface area contributed by atoms with Crippen molar-refractivity contribution in [1.29, 1.82) is 0 Å². The first-order valence-corrected chi connectivity index (χ1v) is 8.04. The predicted octanol–water partition coefficient (Wildman–Crippen LogP) is 2.54. The predicted molar refractivity (Wildman–Crippen MR) is 85.8 cm³/mol. The molecular weight excluding hydrogens is 351 g/mol. The van der Waals surface area contributed by atoms with E-state index in [-0.39, 0.29) is 17.3 Å². The molecule has 4 rings (SSSR count). The first-order chi connectivity index (χ1) is 10.6. The molecule has 0 amide bonds. The first-order valence-electron chi connectivity index (χ1n) is 7.25. The molecule has 7 heteroatoms. The van der Waals surface area contributed by atoms with E-state index in [1.165, 1.54) is 12.1 Å². The van der Waals surface area contributed by atoms with Crippen LogP contribution in [0.1, 0.15) is 24.5 Å². The highest BCUT2D eigenvalue weighted by atomic mass is 79.9. The molecule has 1 aliphatic heterocycles. The normalized spacial score (nSPS) is 16.6. The summed E-state index contributed by atoms with van der Waals surface area (Å²) in [6.45, 7) is 1.86. The molecule has 1 aliphatic rings. The topological polar surface area (TPSA) is 62.2 Å². The van der Waals surface area contributed by atoms with E-state index in [4.69, 9.17) is 0 Å². The number of aromatic nitrogens is 3. The molecule has 0 atom stereocenters. The molecule has 2 aromatic heterocycles. The van der Waals surface area contributed by atoms with E-state index in [1.807, 2.05) is 0 Å². The largest absolute Gasteiger partial charge is 0.317 e. The van der Waals surface area contributed by atoms with Crippen molar-refractivity contribution in [3.8, 4) is 0 Å². The molecule has 0 unspecified atom stereocenters. The van der Waals surface area contributed by atoms with Crippen LogP contribution in [0.5, 0.6) is 0 Å². The average molecular weight is 365 g/mol. The van der Waals surface area contributed by atoms with E-state index in [0.29, 0.717) is 15.6 Å². The van der Waals surface area contributed by atoms with Crippen LogP contribution >= 0.6 is 15.9 Å². The number of hydrogen-bond acceptors (Lipinski definition) is 3. The number of piperidine rings is 1. The number of H-pyrrole nitrogens is 1. The molecular formula is C15H14BrFN4O. The fourth-order valence-electron chi connectivity index (χ4n) is 3.20. The molecule has 1 fully saturated rings. The standard InChI is InChI=1S/C15H14BrFN4O/c16-10-5-9(17)6-11-14(10)15-19-13(22)7-12(21(15)20-11)8-1-3-18-4-2-8/h5-8,18H,1-4H2,(H,19,22). The Morgan fingerprint density at radius 3 is 2.82 bits per heavy atom. The van der Waals surface area contributed by atoms with Crippen molar-refractivity contribution in [1.82, 2.24) is 19.9 Å². The van der Waals surface area contributed by atoms with Crippen LogP contribution in [0.2, 0.25) is 0 Å². The smallest absolute Gasteiger partial charge is 0.251 e. The molecule has 3 aromatic rings. The van der Waals surface area contributed by atoms with Gasteiger partial charge in [0.1, 0.15) is 11.5 Å². The van der Waals surface area contributed by atoms with Gasteiger partial charge in [-0.2, -0.15) is 5.10 Å². The van der Waals surface area contributed by atoms with Gasteiger partial charge in [0.15, 0.2) is 0 Å². The molecule has 0 radical (unpaired) electrons. The minimum Gasteiger partial charge on any atom is -0.317 e. The Morgan fingerprint density at radius 1 is 1.27 bits per heavy atom. The summed E-state index contributed by atoms with van der Waals surface area (Å²) in [6, 6.07) is 4.39. The van der Waals surface area contributed by atoms with Crippen LogP contribution < -0.4 is 10.9 Å². The minimum atomic E-state index is -0.353. The Kier molecular flexibility index (Phi) is 3.27. The number of aromatic amines is 1. The molecule has 1 aromatic carbocycles. The SMILES string of the molecule is O=c1cc(C2CCNCC2)n2nc3cc(F)cc(Br)c3c2[nH]1. The molecule has 0 bridgehead atoms. The lowest BCUT2D eigenvalue weighted by Crippen LogP contribution is -2.28. The molecule has 114 valence electrons. The Bertz CT molecular complexity index is 927. The Hall–Kier alpha value is -1.73. The number of rotatable bonds is 1. The van der Waals surface area contributed by atoms with Crippen molar-refractivity contribution in [3.05, 3.63) is 44.5 Å². The van der Waals surface area contributed by atoms with Gasteiger partial charge in [0.25, 0.3) is 5.56 Å². The second kappa shape index (κ2) is 5.17. The highest BCUT2D eigenvalue weighted by molar-refractivity contribution is 9.10.